The van der Waals surface area contributed by atoms with Gasteiger partial charge in [0.15, 0.2) is 0 Å². The maximum Gasteiger partial charge on any atom is 0.270 e. The molecule has 2 aliphatic heterocycles. The van der Waals surface area contributed by atoms with Crippen LogP contribution in [0.2, 0.25) is 0 Å². The lowest BCUT2D eigenvalue weighted by molar-refractivity contribution is -0.384. The van der Waals surface area contributed by atoms with Gasteiger partial charge in [-0.3, -0.25) is 14.9 Å². The van der Waals surface area contributed by atoms with Gasteiger partial charge in [0.25, 0.3) is 11.6 Å². The molecule has 4 rings (SSSR count). The molecule has 2 heterocycles. The quantitative estimate of drug-likeness (QED) is 0.554. The molecule has 0 saturated carbocycles. The molecule has 0 fully saturated rings. The zero-order valence-corrected chi connectivity index (χ0v) is 17.3. The molecule has 156 valence electrons. The second-order valence-electron chi connectivity index (χ2n) is 7.89. The summed E-state index contributed by atoms with van der Waals surface area (Å²) in [4.78, 5) is 31.3. The maximum absolute atomic E-state index is 13.3. The average molecular weight is 409 g/mol. The van der Waals surface area contributed by atoms with Gasteiger partial charge in [0, 0.05) is 35.9 Å². The molecule has 0 spiro atoms. The van der Waals surface area contributed by atoms with Gasteiger partial charge in [-0.05, 0) is 31.5 Å². The molecule has 0 aromatic heterocycles. The summed E-state index contributed by atoms with van der Waals surface area (Å²) in [6, 6.07) is 11.9. The van der Waals surface area contributed by atoms with Crippen LogP contribution in [0.25, 0.3) is 5.70 Å². The SMILES string of the molecule is CON(C)CC1=C(N2Cc3ccccc3C2=O)c2cc([N+](=O)[O-])ccc2OC1(C)C. The first-order chi connectivity index (χ1) is 14.2. The smallest absolute Gasteiger partial charge is 0.270 e. The highest BCUT2D eigenvalue weighted by Gasteiger charge is 2.42. The average Bonchev–Trinajstić information content (AvgIpc) is 3.04. The van der Waals surface area contributed by atoms with E-state index in [1.807, 2.05) is 32.0 Å². The minimum Gasteiger partial charge on any atom is -0.483 e. The highest BCUT2D eigenvalue weighted by atomic mass is 16.7. The molecule has 0 radical (unpaired) electrons. The summed E-state index contributed by atoms with van der Waals surface area (Å²) in [5.74, 6) is 0.376. The Morgan fingerprint density at radius 3 is 2.63 bits per heavy atom. The summed E-state index contributed by atoms with van der Waals surface area (Å²) in [7, 11) is 3.34. The molecule has 0 saturated heterocycles. The molecular formula is C22H23N3O5. The molecule has 30 heavy (non-hydrogen) atoms. The van der Waals surface area contributed by atoms with Crippen LogP contribution in [0.1, 0.15) is 35.3 Å². The van der Waals surface area contributed by atoms with Gasteiger partial charge < -0.3 is 14.5 Å². The van der Waals surface area contributed by atoms with Gasteiger partial charge in [0.05, 0.1) is 30.8 Å². The molecule has 2 aromatic carbocycles. The summed E-state index contributed by atoms with van der Waals surface area (Å²) < 4.78 is 6.21. The van der Waals surface area contributed by atoms with E-state index in [2.05, 4.69) is 0 Å². The predicted molar refractivity (Wildman–Crippen MR) is 111 cm³/mol. The Labute approximate surface area is 174 Å². The molecule has 8 nitrogen and oxygen atoms in total. The number of fused-ring (bicyclic) bond motifs is 2. The van der Waals surface area contributed by atoms with Crippen LogP contribution in [0.5, 0.6) is 5.75 Å². The third kappa shape index (κ3) is 3.24. The highest BCUT2D eigenvalue weighted by Crippen LogP contribution is 2.46. The van der Waals surface area contributed by atoms with Crippen LogP contribution in [0.4, 0.5) is 5.69 Å². The normalized spacial score (nSPS) is 17.1. The third-order valence-electron chi connectivity index (χ3n) is 5.59. The second-order valence-corrected chi connectivity index (χ2v) is 7.89. The maximum atomic E-state index is 13.3. The minimum absolute atomic E-state index is 0.0573. The van der Waals surface area contributed by atoms with E-state index in [9.17, 15) is 14.9 Å². The summed E-state index contributed by atoms with van der Waals surface area (Å²) in [6.07, 6.45) is 0. The molecule has 1 amide bonds. The van der Waals surface area contributed by atoms with Crippen LogP contribution in [0, 0.1) is 10.1 Å². The van der Waals surface area contributed by atoms with E-state index >= 15 is 0 Å². The molecule has 0 N–H and O–H groups in total. The van der Waals surface area contributed by atoms with Crippen molar-refractivity contribution in [1.82, 2.24) is 9.96 Å². The Hall–Kier alpha value is -3.23. The van der Waals surface area contributed by atoms with Crippen LogP contribution >= 0.6 is 0 Å². The van der Waals surface area contributed by atoms with E-state index in [4.69, 9.17) is 9.57 Å². The summed E-state index contributed by atoms with van der Waals surface area (Å²) in [5.41, 5.74) is 2.73. The second kappa shape index (κ2) is 7.23. The number of carbonyl (C=O) groups is 1. The van der Waals surface area contributed by atoms with Crippen LogP contribution in [-0.2, 0) is 11.4 Å². The summed E-state index contributed by atoms with van der Waals surface area (Å²) in [5, 5.41) is 13.1. The van der Waals surface area contributed by atoms with Gasteiger partial charge in [0.1, 0.15) is 11.4 Å². The van der Waals surface area contributed by atoms with Crippen LogP contribution in [0.15, 0.2) is 48.0 Å². The zero-order chi connectivity index (χ0) is 21.6. The number of benzene rings is 2. The van der Waals surface area contributed by atoms with E-state index in [1.165, 1.54) is 12.1 Å². The molecule has 2 aromatic rings. The largest absolute Gasteiger partial charge is 0.483 e. The Morgan fingerprint density at radius 2 is 1.97 bits per heavy atom. The molecular weight excluding hydrogens is 386 g/mol. The van der Waals surface area contributed by atoms with Crippen molar-refractivity contribution in [3.63, 3.8) is 0 Å². The van der Waals surface area contributed by atoms with Crippen LogP contribution in [-0.4, -0.2) is 47.1 Å². The van der Waals surface area contributed by atoms with Crippen molar-refractivity contribution in [2.45, 2.75) is 26.0 Å². The molecule has 8 heteroatoms. The third-order valence-corrected chi connectivity index (χ3v) is 5.59. The monoisotopic (exact) mass is 409 g/mol. The highest BCUT2D eigenvalue weighted by molar-refractivity contribution is 6.04. The fraction of sp³-hybridized carbons (Fsp3) is 0.318. The van der Waals surface area contributed by atoms with E-state index < -0.39 is 10.5 Å². The van der Waals surface area contributed by atoms with Crippen LogP contribution < -0.4 is 4.74 Å². The number of ether oxygens (including phenoxy) is 1. The van der Waals surface area contributed by atoms with Crippen molar-refractivity contribution in [3.05, 3.63) is 74.8 Å². The number of likely N-dealkylation sites (N-methyl/N-ethyl adjacent to an activating group) is 1. The Balaban J connectivity index is 1.95. The van der Waals surface area contributed by atoms with Gasteiger partial charge in [-0.1, -0.05) is 18.2 Å². The number of amides is 1. The van der Waals surface area contributed by atoms with E-state index in [-0.39, 0.29) is 11.6 Å². The zero-order valence-electron chi connectivity index (χ0n) is 17.3. The van der Waals surface area contributed by atoms with Crippen molar-refractivity contribution >= 4 is 17.3 Å². The van der Waals surface area contributed by atoms with E-state index in [0.29, 0.717) is 35.7 Å². The topological polar surface area (TPSA) is 85.2 Å². The molecule has 0 atom stereocenters. The standard InChI is InChI=1S/C22H23N3O5/c1-22(2)18(13-23(3)29-4)20(17-11-15(25(27)28)9-10-19(17)30-22)24-12-14-7-5-6-8-16(14)21(24)26/h5-11H,12-13H2,1-4H3. The Morgan fingerprint density at radius 1 is 1.23 bits per heavy atom. The molecule has 2 aliphatic rings. The van der Waals surface area contributed by atoms with Crippen molar-refractivity contribution < 1.29 is 19.3 Å². The predicted octanol–water partition coefficient (Wildman–Crippen LogP) is 3.63. The van der Waals surface area contributed by atoms with Crippen molar-refractivity contribution in [2.24, 2.45) is 0 Å². The summed E-state index contributed by atoms with van der Waals surface area (Å²) in [6.45, 7) is 4.59. The fourth-order valence-corrected chi connectivity index (χ4v) is 3.99. The number of hydroxylamine groups is 2. The lowest BCUT2D eigenvalue weighted by atomic mass is 9.88. The van der Waals surface area contributed by atoms with E-state index in [1.54, 1.807) is 36.3 Å². The van der Waals surface area contributed by atoms with Crippen molar-refractivity contribution in [1.29, 1.82) is 0 Å². The lowest BCUT2D eigenvalue weighted by Crippen LogP contribution is -2.42. The van der Waals surface area contributed by atoms with Gasteiger partial charge in [-0.25, -0.2) is 0 Å². The van der Waals surface area contributed by atoms with Crippen molar-refractivity contribution in [2.75, 3.05) is 20.7 Å². The minimum atomic E-state index is -0.750. The first-order valence-electron chi connectivity index (χ1n) is 9.59. The number of hydrogen-bond acceptors (Lipinski definition) is 6. The Kier molecular flexibility index (Phi) is 4.83. The first kappa shape index (κ1) is 20.1. The van der Waals surface area contributed by atoms with Gasteiger partial charge >= 0.3 is 0 Å². The number of nitro groups is 1. The first-order valence-corrected chi connectivity index (χ1v) is 9.59. The number of rotatable bonds is 5. The van der Waals surface area contributed by atoms with Crippen molar-refractivity contribution in [3.8, 4) is 5.75 Å². The molecule has 0 unspecified atom stereocenters. The number of nitrogens with zero attached hydrogens (tertiary/aromatic N) is 3. The number of carbonyl (C=O) groups excluding carboxylic acids is 1. The molecule has 0 aliphatic carbocycles. The fourth-order valence-electron chi connectivity index (χ4n) is 3.99. The van der Waals surface area contributed by atoms with Gasteiger partial charge in [-0.2, -0.15) is 5.06 Å². The molecule has 0 bridgehead atoms. The van der Waals surface area contributed by atoms with Gasteiger partial charge in [-0.15, -0.1) is 0 Å². The number of non-ortho nitro benzene ring substituents is 1. The van der Waals surface area contributed by atoms with Gasteiger partial charge in [0.2, 0.25) is 0 Å². The summed E-state index contributed by atoms with van der Waals surface area (Å²) >= 11 is 0. The Bertz CT molecular complexity index is 1080. The number of hydrogen-bond donors (Lipinski definition) is 0. The lowest BCUT2D eigenvalue weighted by Gasteiger charge is -2.40. The van der Waals surface area contributed by atoms with Crippen LogP contribution in [0.3, 0.4) is 0 Å². The number of nitro benzene ring substituents is 1. The van der Waals surface area contributed by atoms with E-state index in [0.717, 1.165) is 11.1 Å².